The molecule has 2 amide bonds. The average Bonchev–Trinajstić information content (AvgIpc) is 2.64. The smallest absolute Gasteiger partial charge is 0.228 e. The Morgan fingerprint density at radius 2 is 1.80 bits per heavy atom. The van der Waals surface area contributed by atoms with Gasteiger partial charge in [0.1, 0.15) is 5.75 Å². The van der Waals surface area contributed by atoms with Crippen molar-refractivity contribution in [3.8, 4) is 5.75 Å². The SMILES string of the molecule is COc1ccc(C2C(C(=O)N3CCC(N)CC3)CCC(=O)N2C)cc1. The van der Waals surface area contributed by atoms with Gasteiger partial charge in [-0.3, -0.25) is 9.59 Å². The molecule has 0 aromatic heterocycles. The quantitative estimate of drug-likeness (QED) is 0.902. The Kier molecular flexibility index (Phi) is 5.27. The summed E-state index contributed by atoms with van der Waals surface area (Å²) in [6.07, 6.45) is 2.72. The van der Waals surface area contributed by atoms with Crippen LogP contribution in [0.5, 0.6) is 5.75 Å². The predicted octanol–water partition coefficient (Wildman–Crippen LogP) is 1.55. The lowest BCUT2D eigenvalue weighted by atomic mass is 9.83. The molecular formula is C19H27N3O3. The van der Waals surface area contributed by atoms with Crippen molar-refractivity contribution in [2.45, 2.75) is 37.8 Å². The molecule has 25 heavy (non-hydrogen) atoms. The molecule has 6 nitrogen and oxygen atoms in total. The molecule has 1 aromatic rings. The second kappa shape index (κ2) is 7.44. The maximum absolute atomic E-state index is 13.1. The number of carbonyl (C=O) groups excluding carboxylic acids is 2. The third kappa shape index (κ3) is 3.63. The minimum Gasteiger partial charge on any atom is -0.497 e. The van der Waals surface area contributed by atoms with Gasteiger partial charge in [-0.15, -0.1) is 0 Å². The molecule has 0 spiro atoms. The molecule has 2 fully saturated rings. The summed E-state index contributed by atoms with van der Waals surface area (Å²) in [6.45, 7) is 1.42. The highest BCUT2D eigenvalue weighted by Gasteiger charge is 2.41. The van der Waals surface area contributed by atoms with Crippen LogP contribution in [0.4, 0.5) is 0 Å². The predicted molar refractivity (Wildman–Crippen MR) is 95.0 cm³/mol. The lowest BCUT2D eigenvalue weighted by molar-refractivity contribution is -0.147. The minimum atomic E-state index is -0.227. The number of carbonyl (C=O) groups is 2. The van der Waals surface area contributed by atoms with E-state index in [4.69, 9.17) is 10.5 Å². The average molecular weight is 345 g/mol. The topological polar surface area (TPSA) is 75.9 Å². The van der Waals surface area contributed by atoms with E-state index in [9.17, 15) is 9.59 Å². The summed E-state index contributed by atoms with van der Waals surface area (Å²) >= 11 is 0. The first kappa shape index (κ1) is 17.7. The first-order valence-corrected chi connectivity index (χ1v) is 8.95. The van der Waals surface area contributed by atoms with Crippen LogP contribution in [0.1, 0.15) is 37.3 Å². The maximum Gasteiger partial charge on any atom is 0.228 e. The largest absolute Gasteiger partial charge is 0.497 e. The zero-order valence-electron chi connectivity index (χ0n) is 15.0. The lowest BCUT2D eigenvalue weighted by Crippen LogP contribution is -2.50. The van der Waals surface area contributed by atoms with E-state index in [2.05, 4.69) is 0 Å². The molecule has 2 aliphatic rings. The molecule has 0 saturated carbocycles. The second-order valence-electron chi connectivity index (χ2n) is 7.03. The molecule has 2 saturated heterocycles. The number of benzene rings is 1. The van der Waals surface area contributed by atoms with Gasteiger partial charge in [0, 0.05) is 32.6 Å². The van der Waals surface area contributed by atoms with Crippen LogP contribution in [0.15, 0.2) is 24.3 Å². The van der Waals surface area contributed by atoms with Crippen molar-refractivity contribution >= 4 is 11.8 Å². The van der Waals surface area contributed by atoms with E-state index < -0.39 is 0 Å². The van der Waals surface area contributed by atoms with E-state index in [1.807, 2.05) is 29.2 Å². The van der Waals surface area contributed by atoms with Crippen molar-refractivity contribution in [1.29, 1.82) is 0 Å². The monoisotopic (exact) mass is 345 g/mol. The van der Waals surface area contributed by atoms with Gasteiger partial charge < -0.3 is 20.3 Å². The summed E-state index contributed by atoms with van der Waals surface area (Å²) in [5.74, 6) is 0.796. The molecule has 0 bridgehead atoms. The van der Waals surface area contributed by atoms with Gasteiger partial charge in [-0.25, -0.2) is 0 Å². The van der Waals surface area contributed by atoms with E-state index >= 15 is 0 Å². The minimum absolute atomic E-state index is 0.0885. The second-order valence-corrected chi connectivity index (χ2v) is 7.03. The molecule has 136 valence electrons. The number of amides is 2. The molecular weight excluding hydrogens is 318 g/mol. The van der Waals surface area contributed by atoms with Crippen molar-refractivity contribution in [3.05, 3.63) is 29.8 Å². The molecule has 0 radical (unpaired) electrons. The third-order valence-corrected chi connectivity index (χ3v) is 5.49. The molecule has 2 N–H and O–H groups in total. The fourth-order valence-corrected chi connectivity index (χ4v) is 3.91. The summed E-state index contributed by atoms with van der Waals surface area (Å²) in [4.78, 5) is 29.0. The Morgan fingerprint density at radius 3 is 2.40 bits per heavy atom. The van der Waals surface area contributed by atoms with Crippen LogP contribution in [0, 0.1) is 5.92 Å². The van der Waals surface area contributed by atoms with Gasteiger partial charge in [0.15, 0.2) is 0 Å². The molecule has 3 rings (SSSR count). The number of ether oxygens (including phenoxy) is 1. The van der Waals surface area contributed by atoms with Crippen LogP contribution < -0.4 is 10.5 Å². The zero-order valence-corrected chi connectivity index (χ0v) is 15.0. The standard InChI is InChI=1S/C19H27N3O3/c1-21-17(23)8-7-16(19(24)22-11-9-14(20)10-12-22)18(21)13-3-5-15(25-2)6-4-13/h3-6,14,16,18H,7-12,20H2,1-2H3. The van der Waals surface area contributed by atoms with Crippen molar-refractivity contribution < 1.29 is 14.3 Å². The van der Waals surface area contributed by atoms with Gasteiger partial charge in [-0.05, 0) is 37.0 Å². The first-order valence-electron chi connectivity index (χ1n) is 8.95. The van der Waals surface area contributed by atoms with Crippen molar-refractivity contribution in [3.63, 3.8) is 0 Å². The van der Waals surface area contributed by atoms with Crippen molar-refractivity contribution in [2.75, 3.05) is 27.2 Å². The highest BCUT2D eigenvalue weighted by molar-refractivity contribution is 5.85. The number of hydrogen-bond acceptors (Lipinski definition) is 4. The molecule has 2 heterocycles. The number of methoxy groups -OCH3 is 1. The Bertz CT molecular complexity index is 623. The van der Waals surface area contributed by atoms with Gasteiger partial charge in [0.05, 0.1) is 19.1 Å². The summed E-state index contributed by atoms with van der Waals surface area (Å²) in [5.41, 5.74) is 6.93. The van der Waals surface area contributed by atoms with E-state index in [1.165, 1.54) is 0 Å². The Hall–Kier alpha value is -2.08. The maximum atomic E-state index is 13.1. The highest BCUT2D eigenvalue weighted by atomic mass is 16.5. The van der Waals surface area contributed by atoms with Gasteiger partial charge in [0.2, 0.25) is 11.8 Å². The normalized spacial score (nSPS) is 25.2. The number of nitrogens with zero attached hydrogens (tertiary/aromatic N) is 2. The van der Waals surface area contributed by atoms with E-state index in [0.29, 0.717) is 25.9 Å². The Morgan fingerprint density at radius 1 is 1.16 bits per heavy atom. The lowest BCUT2D eigenvalue weighted by Gasteiger charge is -2.41. The van der Waals surface area contributed by atoms with Crippen molar-refractivity contribution in [2.24, 2.45) is 11.7 Å². The third-order valence-electron chi connectivity index (χ3n) is 5.49. The van der Waals surface area contributed by atoms with Crippen LogP contribution in [0.25, 0.3) is 0 Å². The van der Waals surface area contributed by atoms with Crippen LogP contribution in [0.3, 0.4) is 0 Å². The van der Waals surface area contributed by atoms with Gasteiger partial charge in [-0.1, -0.05) is 12.1 Å². The first-order chi connectivity index (χ1) is 12.0. The van der Waals surface area contributed by atoms with Crippen LogP contribution >= 0.6 is 0 Å². The zero-order chi connectivity index (χ0) is 18.0. The fourth-order valence-electron chi connectivity index (χ4n) is 3.91. The summed E-state index contributed by atoms with van der Waals surface area (Å²) in [6, 6.07) is 7.62. The van der Waals surface area contributed by atoms with Crippen LogP contribution in [-0.2, 0) is 9.59 Å². The van der Waals surface area contributed by atoms with Crippen molar-refractivity contribution in [1.82, 2.24) is 9.80 Å². The van der Waals surface area contributed by atoms with Crippen LogP contribution in [-0.4, -0.2) is 54.9 Å². The van der Waals surface area contributed by atoms with E-state index in [-0.39, 0.29) is 29.8 Å². The number of piperidine rings is 2. The summed E-state index contributed by atoms with van der Waals surface area (Å²) in [7, 11) is 3.42. The van der Waals surface area contributed by atoms with Gasteiger partial charge in [-0.2, -0.15) is 0 Å². The Balaban J connectivity index is 1.84. The highest BCUT2D eigenvalue weighted by Crippen LogP contribution is 2.37. The Labute approximate surface area is 148 Å². The molecule has 2 atom stereocenters. The number of hydrogen-bond donors (Lipinski definition) is 1. The number of rotatable bonds is 3. The molecule has 2 unspecified atom stereocenters. The molecule has 1 aromatic carbocycles. The summed E-state index contributed by atoms with van der Waals surface area (Å²) < 4.78 is 5.22. The molecule has 6 heteroatoms. The fraction of sp³-hybridized carbons (Fsp3) is 0.579. The van der Waals surface area contributed by atoms with E-state index in [0.717, 1.165) is 24.2 Å². The van der Waals surface area contributed by atoms with Gasteiger partial charge in [0.25, 0.3) is 0 Å². The van der Waals surface area contributed by atoms with Gasteiger partial charge >= 0.3 is 0 Å². The number of nitrogens with two attached hydrogens (primary N) is 1. The molecule has 0 aliphatic carbocycles. The molecule has 2 aliphatic heterocycles. The summed E-state index contributed by atoms with van der Waals surface area (Å²) in [5, 5.41) is 0. The number of likely N-dealkylation sites (tertiary alicyclic amines) is 2. The van der Waals surface area contributed by atoms with E-state index in [1.54, 1.807) is 19.1 Å². The van der Waals surface area contributed by atoms with Crippen LogP contribution in [0.2, 0.25) is 0 Å².